The molecule has 3 aromatic rings. The Balaban J connectivity index is 1.88. The van der Waals surface area contributed by atoms with Gasteiger partial charge in [0.15, 0.2) is 12.4 Å². The van der Waals surface area contributed by atoms with Crippen molar-refractivity contribution in [3.8, 4) is 0 Å². The van der Waals surface area contributed by atoms with Crippen molar-refractivity contribution in [2.75, 3.05) is 4.90 Å². The fourth-order valence-corrected chi connectivity index (χ4v) is 2.80. The summed E-state index contributed by atoms with van der Waals surface area (Å²) in [6.07, 6.45) is 3.63. The topological polar surface area (TPSA) is 41.3 Å². The van der Waals surface area contributed by atoms with E-state index in [9.17, 15) is 9.59 Å². The molecule has 22 heavy (non-hydrogen) atoms. The van der Waals surface area contributed by atoms with Crippen LogP contribution >= 0.6 is 0 Å². The molecular weight excluding hydrogens is 276 g/mol. The van der Waals surface area contributed by atoms with Crippen LogP contribution in [-0.4, -0.2) is 11.8 Å². The van der Waals surface area contributed by atoms with Crippen LogP contribution in [0.3, 0.4) is 0 Å². The number of hydrogen-bond acceptors (Lipinski definition) is 2. The second-order valence-electron chi connectivity index (χ2n) is 5.41. The maximum atomic E-state index is 12.6. The summed E-state index contributed by atoms with van der Waals surface area (Å²) in [7, 11) is 1.89. The van der Waals surface area contributed by atoms with E-state index in [1.807, 2.05) is 48.3 Å². The molecule has 1 aliphatic heterocycles. The van der Waals surface area contributed by atoms with E-state index in [0.717, 1.165) is 10.8 Å². The summed E-state index contributed by atoms with van der Waals surface area (Å²) >= 11 is 0. The zero-order valence-electron chi connectivity index (χ0n) is 12.0. The number of fused-ring (bicyclic) bond motifs is 2. The highest BCUT2D eigenvalue weighted by atomic mass is 16.2. The smallest absolute Gasteiger partial charge is 0.266 e. The summed E-state index contributed by atoms with van der Waals surface area (Å²) in [6.45, 7) is 0. The first-order valence-electron chi connectivity index (χ1n) is 7.02. The predicted octanol–water partition coefficient (Wildman–Crippen LogP) is 2.46. The van der Waals surface area contributed by atoms with Crippen molar-refractivity contribution in [1.82, 2.24) is 0 Å². The lowest BCUT2D eigenvalue weighted by Gasteiger charge is -2.12. The third-order valence-corrected chi connectivity index (χ3v) is 3.97. The quantitative estimate of drug-likeness (QED) is 0.510. The van der Waals surface area contributed by atoms with Crippen LogP contribution in [0, 0.1) is 0 Å². The number of rotatable bonds is 1. The average molecular weight is 289 g/mol. The lowest BCUT2D eigenvalue weighted by Crippen LogP contribution is -2.32. The van der Waals surface area contributed by atoms with Gasteiger partial charge in [0.05, 0.1) is 16.8 Å². The molecule has 0 atom stereocenters. The van der Waals surface area contributed by atoms with Gasteiger partial charge < -0.3 is 0 Å². The number of amides is 2. The zero-order valence-corrected chi connectivity index (χ0v) is 12.0. The Bertz CT molecular complexity index is 875. The van der Waals surface area contributed by atoms with Gasteiger partial charge in [0.1, 0.15) is 7.05 Å². The van der Waals surface area contributed by atoms with Crippen LogP contribution in [0.15, 0.2) is 60.9 Å². The van der Waals surface area contributed by atoms with Crippen LogP contribution in [-0.2, 0) is 7.05 Å². The van der Waals surface area contributed by atoms with Gasteiger partial charge in [-0.15, -0.1) is 0 Å². The maximum absolute atomic E-state index is 12.6. The number of aryl methyl sites for hydroxylation is 1. The second kappa shape index (κ2) is 4.49. The molecule has 0 bridgehead atoms. The Kier molecular flexibility index (Phi) is 2.60. The third-order valence-electron chi connectivity index (χ3n) is 3.97. The van der Waals surface area contributed by atoms with Crippen molar-refractivity contribution in [2.45, 2.75) is 0 Å². The summed E-state index contributed by atoms with van der Waals surface area (Å²) < 4.78 is 1.86. The van der Waals surface area contributed by atoms with Gasteiger partial charge in [-0.3, -0.25) is 9.59 Å². The van der Waals surface area contributed by atoms with E-state index in [1.54, 1.807) is 24.3 Å². The van der Waals surface area contributed by atoms with Crippen LogP contribution in [0.5, 0.6) is 0 Å². The number of hydrogen-bond donors (Lipinski definition) is 0. The molecule has 0 N–H and O–H groups in total. The number of nitrogens with zero attached hydrogens (tertiary/aromatic N) is 2. The highest BCUT2D eigenvalue weighted by Crippen LogP contribution is 2.30. The molecule has 106 valence electrons. The highest BCUT2D eigenvalue weighted by Gasteiger charge is 2.37. The minimum Gasteiger partial charge on any atom is -0.268 e. The molecule has 1 aromatic heterocycles. The van der Waals surface area contributed by atoms with Crippen molar-refractivity contribution >= 4 is 28.3 Å². The Labute approximate surface area is 127 Å². The fourth-order valence-electron chi connectivity index (χ4n) is 2.80. The number of aromatic nitrogens is 1. The van der Waals surface area contributed by atoms with Gasteiger partial charge >= 0.3 is 0 Å². The number of carbonyl (C=O) groups is 2. The van der Waals surface area contributed by atoms with Gasteiger partial charge in [-0.2, -0.15) is 0 Å². The fraction of sp³-hybridized carbons (Fsp3) is 0.0556. The summed E-state index contributed by atoms with van der Waals surface area (Å²) in [5, 5.41) is 1.92. The molecule has 2 amide bonds. The van der Waals surface area contributed by atoms with Gasteiger partial charge in [0, 0.05) is 12.1 Å². The van der Waals surface area contributed by atoms with Crippen molar-refractivity contribution in [3.05, 3.63) is 72.1 Å². The number of imide groups is 1. The molecule has 4 heteroatoms. The predicted molar refractivity (Wildman–Crippen MR) is 82.7 cm³/mol. The molecule has 0 unspecified atom stereocenters. The normalized spacial score (nSPS) is 13.8. The largest absolute Gasteiger partial charge is 0.268 e. The molecule has 0 saturated carbocycles. The Morgan fingerprint density at radius 3 is 1.82 bits per heavy atom. The van der Waals surface area contributed by atoms with E-state index >= 15 is 0 Å². The van der Waals surface area contributed by atoms with Crippen molar-refractivity contribution in [1.29, 1.82) is 0 Å². The standard InChI is InChI=1S/C18H13N2O2/c1-19-8-6-14(7-9-19)20-17(21)15-10-12-4-2-3-5-13(12)11-16(15)18(20)22/h2-11H,1H3/q+1. The van der Waals surface area contributed by atoms with Crippen molar-refractivity contribution in [3.63, 3.8) is 0 Å². The summed E-state index contributed by atoms with van der Waals surface area (Å²) in [5.41, 5.74) is 1.53. The van der Waals surface area contributed by atoms with E-state index in [-0.39, 0.29) is 11.8 Å². The Hall–Kier alpha value is -3.01. The van der Waals surface area contributed by atoms with Crippen LogP contribution in [0.2, 0.25) is 0 Å². The Morgan fingerprint density at radius 1 is 0.818 bits per heavy atom. The summed E-state index contributed by atoms with van der Waals surface area (Å²) in [4.78, 5) is 26.5. The summed E-state index contributed by atoms with van der Waals surface area (Å²) in [5.74, 6) is -0.529. The number of pyridine rings is 1. The van der Waals surface area contributed by atoms with Crippen LogP contribution in [0.1, 0.15) is 20.7 Å². The molecule has 0 radical (unpaired) electrons. The first-order valence-corrected chi connectivity index (χ1v) is 7.02. The van der Waals surface area contributed by atoms with E-state index in [1.165, 1.54) is 4.90 Å². The Morgan fingerprint density at radius 2 is 1.32 bits per heavy atom. The monoisotopic (exact) mass is 289 g/mol. The van der Waals surface area contributed by atoms with Gasteiger partial charge in [-0.1, -0.05) is 24.3 Å². The van der Waals surface area contributed by atoms with Gasteiger partial charge in [0.25, 0.3) is 11.8 Å². The lowest BCUT2D eigenvalue weighted by molar-refractivity contribution is -0.671. The third kappa shape index (κ3) is 1.74. The number of carbonyl (C=O) groups excluding carboxylic acids is 2. The average Bonchev–Trinajstić information content (AvgIpc) is 2.78. The van der Waals surface area contributed by atoms with Gasteiger partial charge in [0.2, 0.25) is 0 Å². The molecule has 0 saturated heterocycles. The SMILES string of the molecule is C[n+]1ccc(N2C(=O)c3cc4ccccc4cc3C2=O)cc1. The highest BCUT2D eigenvalue weighted by molar-refractivity contribution is 6.35. The molecule has 1 aliphatic rings. The van der Waals surface area contributed by atoms with Gasteiger partial charge in [-0.25, -0.2) is 9.47 Å². The van der Waals surface area contributed by atoms with E-state index in [0.29, 0.717) is 16.8 Å². The maximum Gasteiger partial charge on any atom is 0.266 e. The number of benzene rings is 2. The molecule has 4 rings (SSSR count). The van der Waals surface area contributed by atoms with E-state index < -0.39 is 0 Å². The first-order chi connectivity index (χ1) is 10.6. The first kappa shape index (κ1) is 12.7. The van der Waals surface area contributed by atoms with Crippen molar-refractivity contribution < 1.29 is 14.2 Å². The van der Waals surface area contributed by atoms with Crippen LogP contribution < -0.4 is 9.47 Å². The zero-order chi connectivity index (χ0) is 15.3. The minimum atomic E-state index is -0.264. The van der Waals surface area contributed by atoms with Crippen LogP contribution in [0.4, 0.5) is 5.69 Å². The van der Waals surface area contributed by atoms with Gasteiger partial charge in [-0.05, 0) is 22.9 Å². The lowest BCUT2D eigenvalue weighted by atomic mass is 10.0. The molecular formula is C18H13N2O2+. The molecule has 4 nitrogen and oxygen atoms in total. The van der Waals surface area contributed by atoms with Crippen LogP contribution in [0.25, 0.3) is 10.8 Å². The van der Waals surface area contributed by atoms with E-state index in [2.05, 4.69) is 0 Å². The molecule has 0 fully saturated rings. The van der Waals surface area contributed by atoms with E-state index in [4.69, 9.17) is 0 Å². The summed E-state index contributed by atoms with van der Waals surface area (Å²) in [6, 6.07) is 14.9. The minimum absolute atomic E-state index is 0.264. The molecule has 0 aliphatic carbocycles. The van der Waals surface area contributed by atoms with Crippen molar-refractivity contribution in [2.24, 2.45) is 7.05 Å². The molecule has 0 spiro atoms. The molecule has 2 aromatic carbocycles. The molecule has 2 heterocycles. The second-order valence-corrected chi connectivity index (χ2v) is 5.41. The number of anilines is 1.